The molecule has 1 unspecified atom stereocenters. The molecule has 1 amide bonds. The summed E-state index contributed by atoms with van der Waals surface area (Å²) in [4.78, 5) is 19.2. The van der Waals surface area contributed by atoms with Crippen molar-refractivity contribution in [2.45, 2.75) is 44.4 Å². The number of nitrogens with two attached hydrogens (primary N) is 1. The summed E-state index contributed by atoms with van der Waals surface area (Å²) in [5.41, 5.74) is 6.05. The van der Waals surface area contributed by atoms with Gasteiger partial charge in [-0.05, 0) is 44.2 Å². The molecule has 0 spiro atoms. The fourth-order valence-corrected chi connectivity index (χ4v) is 3.34. The van der Waals surface area contributed by atoms with E-state index in [1.807, 2.05) is 18.2 Å². The molecule has 2 N–H and O–H groups in total. The van der Waals surface area contributed by atoms with Crippen molar-refractivity contribution in [2.24, 2.45) is 5.73 Å². The predicted octanol–water partition coefficient (Wildman–Crippen LogP) is 3.93. The molecule has 1 aromatic carbocycles. The summed E-state index contributed by atoms with van der Waals surface area (Å²) < 4.78 is 47.8. The summed E-state index contributed by atoms with van der Waals surface area (Å²) in [5, 5.41) is 0. The number of carbonyl (C=O) groups is 1. The van der Waals surface area contributed by atoms with Gasteiger partial charge in [-0.15, -0.1) is 0 Å². The fourth-order valence-electron chi connectivity index (χ4n) is 3.34. The zero-order valence-electron chi connectivity index (χ0n) is 17.0. The van der Waals surface area contributed by atoms with Gasteiger partial charge in [-0.3, -0.25) is 4.79 Å². The molecule has 1 aromatic heterocycles. The first kappa shape index (κ1) is 22.8. The molecule has 2 aliphatic heterocycles. The third-order valence-corrected chi connectivity index (χ3v) is 4.90. The average Bonchev–Trinajstić information content (AvgIpc) is 3.30. The number of nitrogens with zero attached hydrogens (tertiary/aromatic N) is 3. The number of benzene rings is 1. The van der Waals surface area contributed by atoms with Crippen molar-refractivity contribution in [1.29, 1.82) is 0 Å². The van der Waals surface area contributed by atoms with E-state index in [9.17, 15) is 18.0 Å². The Balaban J connectivity index is 0.000000254. The molecule has 2 fully saturated rings. The van der Waals surface area contributed by atoms with Gasteiger partial charge in [-0.2, -0.15) is 13.2 Å². The van der Waals surface area contributed by atoms with E-state index in [0.717, 1.165) is 63.3 Å². The Morgan fingerprint density at radius 2 is 1.81 bits per heavy atom. The Hall–Kier alpha value is -2.88. The van der Waals surface area contributed by atoms with Gasteiger partial charge in [-0.25, -0.2) is 9.97 Å². The van der Waals surface area contributed by atoms with Gasteiger partial charge in [0.15, 0.2) is 5.75 Å². The van der Waals surface area contributed by atoms with Gasteiger partial charge in [0.25, 0.3) is 0 Å². The van der Waals surface area contributed by atoms with Crippen LogP contribution in [0.2, 0.25) is 0 Å². The first-order valence-electron chi connectivity index (χ1n) is 10.2. The Bertz CT molecular complexity index is 850. The number of anilines is 1. The van der Waals surface area contributed by atoms with E-state index in [1.165, 1.54) is 0 Å². The standard InChI is InChI=1S/C15H14F3N3O.C6H11NO2/c16-15(17,18)14-19-9-13(10-20-14)22-12-5-3-4-11(8-12)21-6-1-2-7-21;7-6(8)5-3-1-2-4-9-5/h3-5,8-10H,1-2,6-7H2;5H,1-4H2,(H2,7,8). The van der Waals surface area contributed by atoms with Crippen LogP contribution >= 0.6 is 0 Å². The van der Waals surface area contributed by atoms with E-state index >= 15 is 0 Å². The number of hydrogen-bond donors (Lipinski definition) is 1. The molecule has 2 aliphatic rings. The normalized spacial score (nSPS) is 18.8. The van der Waals surface area contributed by atoms with Crippen LogP contribution in [-0.2, 0) is 15.7 Å². The minimum atomic E-state index is -4.55. The van der Waals surface area contributed by atoms with E-state index in [0.29, 0.717) is 12.4 Å². The van der Waals surface area contributed by atoms with Gasteiger partial charge < -0.3 is 20.1 Å². The number of alkyl halides is 3. The minimum Gasteiger partial charge on any atom is -0.454 e. The van der Waals surface area contributed by atoms with Crippen LogP contribution in [0, 0.1) is 0 Å². The maximum Gasteiger partial charge on any atom is 0.451 e. The van der Waals surface area contributed by atoms with Crippen LogP contribution in [0.4, 0.5) is 18.9 Å². The van der Waals surface area contributed by atoms with Gasteiger partial charge in [0.1, 0.15) is 11.9 Å². The second-order valence-corrected chi connectivity index (χ2v) is 7.29. The lowest BCUT2D eigenvalue weighted by Crippen LogP contribution is -2.33. The van der Waals surface area contributed by atoms with E-state index in [-0.39, 0.29) is 17.8 Å². The fraction of sp³-hybridized carbons (Fsp3) is 0.476. The van der Waals surface area contributed by atoms with E-state index < -0.39 is 12.0 Å². The van der Waals surface area contributed by atoms with Crippen LogP contribution in [0.15, 0.2) is 36.7 Å². The zero-order chi connectivity index (χ0) is 22.3. The molecule has 0 saturated carbocycles. The van der Waals surface area contributed by atoms with Crippen molar-refractivity contribution in [3.05, 3.63) is 42.5 Å². The largest absolute Gasteiger partial charge is 0.454 e. The Labute approximate surface area is 178 Å². The molecule has 0 bridgehead atoms. The van der Waals surface area contributed by atoms with Crippen LogP contribution in [0.5, 0.6) is 11.5 Å². The van der Waals surface area contributed by atoms with Gasteiger partial charge >= 0.3 is 6.18 Å². The Morgan fingerprint density at radius 1 is 1.10 bits per heavy atom. The Kier molecular flexibility index (Phi) is 7.67. The predicted molar refractivity (Wildman–Crippen MR) is 108 cm³/mol. The van der Waals surface area contributed by atoms with Crippen LogP contribution < -0.4 is 15.4 Å². The van der Waals surface area contributed by atoms with Crippen molar-refractivity contribution in [1.82, 2.24) is 9.97 Å². The van der Waals surface area contributed by atoms with Crippen LogP contribution in [0.1, 0.15) is 37.9 Å². The van der Waals surface area contributed by atoms with E-state index in [4.69, 9.17) is 15.2 Å². The van der Waals surface area contributed by atoms with Gasteiger partial charge in [0.2, 0.25) is 11.7 Å². The highest BCUT2D eigenvalue weighted by molar-refractivity contribution is 5.78. The van der Waals surface area contributed by atoms with Crippen LogP contribution in [0.3, 0.4) is 0 Å². The van der Waals surface area contributed by atoms with Crippen molar-refractivity contribution in [3.8, 4) is 11.5 Å². The topological polar surface area (TPSA) is 90.6 Å². The van der Waals surface area contributed by atoms with Crippen molar-refractivity contribution >= 4 is 11.6 Å². The second-order valence-electron chi connectivity index (χ2n) is 7.29. The number of aromatic nitrogens is 2. The molecular formula is C21H25F3N4O3. The summed E-state index contributed by atoms with van der Waals surface area (Å²) in [7, 11) is 0. The molecule has 2 aromatic rings. The summed E-state index contributed by atoms with van der Waals surface area (Å²) in [5.74, 6) is -0.778. The smallest absolute Gasteiger partial charge is 0.451 e. The molecule has 3 heterocycles. The highest BCUT2D eigenvalue weighted by Crippen LogP contribution is 2.29. The number of primary amides is 1. The molecular weight excluding hydrogens is 413 g/mol. The van der Waals surface area contributed by atoms with Gasteiger partial charge in [0.05, 0.1) is 12.4 Å². The SMILES string of the molecule is FC(F)(F)c1ncc(Oc2cccc(N3CCCC3)c2)cn1.NC(=O)C1CCCCO1. The van der Waals surface area contributed by atoms with Gasteiger partial charge in [0, 0.05) is 31.5 Å². The van der Waals surface area contributed by atoms with Gasteiger partial charge in [-0.1, -0.05) is 6.07 Å². The third-order valence-electron chi connectivity index (χ3n) is 4.90. The molecule has 4 rings (SSSR count). The molecule has 168 valence electrons. The molecule has 0 radical (unpaired) electrons. The molecule has 10 heteroatoms. The second kappa shape index (κ2) is 10.4. The number of hydrogen-bond acceptors (Lipinski definition) is 6. The zero-order valence-corrected chi connectivity index (χ0v) is 17.0. The molecule has 0 aliphatic carbocycles. The monoisotopic (exact) mass is 438 g/mol. The quantitative estimate of drug-likeness (QED) is 0.778. The number of rotatable bonds is 4. The molecule has 2 saturated heterocycles. The highest BCUT2D eigenvalue weighted by atomic mass is 19.4. The summed E-state index contributed by atoms with van der Waals surface area (Å²) in [6.07, 6.45) is 2.45. The number of halogens is 3. The maximum absolute atomic E-state index is 12.4. The lowest BCUT2D eigenvalue weighted by atomic mass is 10.1. The first-order chi connectivity index (χ1) is 14.8. The van der Waals surface area contributed by atoms with E-state index in [1.54, 1.807) is 6.07 Å². The molecule has 7 nitrogen and oxygen atoms in total. The van der Waals surface area contributed by atoms with Crippen LogP contribution in [-0.4, -0.2) is 41.7 Å². The number of carbonyl (C=O) groups excluding carboxylic acids is 1. The third kappa shape index (κ3) is 6.81. The Morgan fingerprint density at radius 3 is 2.35 bits per heavy atom. The molecule has 1 atom stereocenters. The summed E-state index contributed by atoms with van der Waals surface area (Å²) in [6, 6.07) is 7.45. The average molecular weight is 438 g/mol. The highest BCUT2D eigenvalue weighted by Gasteiger charge is 2.34. The number of ether oxygens (including phenoxy) is 2. The summed E-state index contributed by atoms with van der Waals surface area (Å²) in [6.45, 7) is 2.70. The lowest BCUT2D eigenvalue weighted by molar-refractivity contribution is -0.145. The first-order valence-corrected chi connectivity index (χ1v) is 10.2. The minimum absolute atomic E-state index is 0.173. The molecule has 31 heavy (non-hydrogen) atoms. The van der Waals surface area contributed by atoms with Crippen molar-refractivity contribution < 1.29 is 27.4 Å². The lowest BCUT2D eigenvalue weighted by Gasteiger charge is -2.18. The van der Waals surface area contributed by atoms with Crippen molar-refractivity contribution in [2.75, 3.05) is 24.6 Å². The number of amides is 1. The van der Waals surface area contributed by atoms with Crippen molar-refractivity contribution in [3.63, 3.8) is 0 Å². The summed E-state index contributed by atoms with van der Waals surface area (Å²) >= 11 is 0. The van der Waals surface area contributed by atoms with Crippen LogP contribution in [0.25, 0.3) is 0 Å². The maximum atomic E-state index is 12.4. The van der Waals surface area contributed by atoms with E-state index in [2.05, 4.69) is 14.9 Å².